The Kier molecular flexibility index (Phi) is 7.13. The summed E-state index contributed by atoms with van der Waals surface area (Å²) in [5.41, 5.74) is 4.05. The van der Waals surface area contributed by atoms with Gasteiger partial charge in [0.15, 0.2) is 0 Å². The van der Waals surface area contributed by atoms with Crippen molar-refractivity contribution in [2.75, 3.05) is 58.4 Å². The zero-order valence-electron chi connectivity index (χ0n) is 18.4. The second-order valence-corrected chi connectivity index (χ2v) is 8.28. The first-order valence-electron chi connectivity index (χ1n) is 11.3. The van der Waals surface area contributed by atoms with Crippen LogP contribution in [-0.4, -0.2) is 58.4 Å². The third-order valence-corrected chi connectivity index (χ3v) is 6.52. The van der Waals surface area contributed by atoms with E-state index in [1.165, 1.54) is 36.1 Å². The van der Waals surface area contributed by atoms with Gasteiger partial charge < -0.3 is 19.7 Å². The van der Waals surface area contributed by atoms with Crippen LogP contribution < -0.4 is 19.7 Å². The molecule has 0 radical (unpaired) electrons. The lowest BCUT2D eigenvalue weighted by Crippen LogP contribution is -2.47. The molecule has 0 spiro atoms. The average molecular weight is 410 g/mol. The Morgan fingerprint density at radius 1 is 0.933 bits per heavy atom. The van der Waals surface area contributed by atoms with E-state index in [1.807, 2.05) is 12.1 Å². The summed E-state index contributed by atoms with van der Waals surface area (Å²) in [6, 6.07) is 15.3. The zero-order chi connectivity index (χ0) is 20.8. The molecule has 162 valence electrons. The van der Waals surface area contributed by atoms with Gasteiger partial charge in [0.2, 0.25) is 0 Å². The van der Waals surface area contributed by atoms with Gasteiger partial charge >= 0.3 is 0 Å². The summed E-state index contributed by atoms with van der Waals surface area (Å²) < 4.78 is 11.1. The molecule has 1 fully saturated rings. The van der Waals surface area contributed by atoms with Gasteiger partial charge in [0, 0.05) is 32.2 Å². The fraction of sp³-hybridized carbons (Fsp3) is 0.520. The summed E-state index contributed by atoms with van der Waals surface area (Å²) in [5, 5.41) is 3.81. The van der Waals surface area contributed by atoms with Crippen molar-refractivity contribution < 1.29 is 9.47 Å². The zero-order valence-corrected chi connectivity index (χ0v) is 18.4. The van der Waals surface area contributed by atoms with E-state index in [4.69, 9.17) is 9.47 Å². The maximum Gasteiger partial charge on any atom is 0.142 e. The monoisotopic (exact) mass is 409 g/mol. The Hall–Kier alpha value is -2.24. The molecule has 0 bridgehead atoms. The summed E-state index contributed by atoms with van der Waals surface area (Å²) in [6.45, 7) is 6.56. The highest BCUT2D eigenvalue weighted by Gasteiger charge is 2.23. The lowest BCUT2D eigenvalue weighted by molar-refractivity contribution is 0.251. The smallest absolute Gasteiger partial charge is 0.142 e. The van der Waals surface area contributed by atoms with Crippen molar-refractivity contribution in [2.45, 2.75) is 31.7 Å². The van der Waals surface area contributed by atoms with E-state index in [0.717, 1.165) is 57.2 Å². The van der Waals surface area contributed by atoms with Crippen molar-refractivity contribution >= 4 is 5.69 Å². The first-order valence-corrected chi connectivity index (χ1v) is 11.3. The fourth-order valence-corrected chi connectivity index (χ4v) is 4.90. The number of methoxy groups -OCH3 is 2. The number of piperazine rings is 1. The summed E-state index contributed by atoms with van der Waals surface area (Å²) >= 11 is 0. The van der Waals surface area contributed by atoms with E-state index in [0.29, 0.717) is 6.04 Å². The summed E-state index contributed by atoms with van der Waals surface area (Å²) in [5.74, 6) is 2.02. The van der Waals surface area contributed by atoms with E-state index in [9.17, 15) is 0 Å². The van der Waals surface area contributed by atoms with Crippen molar-refractivity contribution in [2.24, 2.45) is 0 Å². The number of ether oxygens (including phenoxy) is 2. The van der Waals surface area contributed by atoms with E-state index in [-0.39, 0.29) is 0 Å². The van der Waals surface area contributed by atoms with Gasteiger partial charge in [-0.3, -0.25) is 4.90 Å². The molecule has 0 amide bonds. The molecule has 0 aromatic heterocycles. The minimum absolute atomic E-state index is 0.464. The Labute approximate surface area is 181 Å². The van der Waals surface area contributed by atoms with E-state index >= 15 is 0 Å². The number of fused-ring (bicyclic) bond motifs is 1. The molecule has 1 aliphatic heterocycles. The molecule has 1 saturated heterocycles. The Morgan fingerprint density at radius 3 is 2.50 bits per heavy atom. The third-order valence-electron chi connectivity index (χ3n) is 6.52. The van der Waals surface area contributed by atoms with Crippen molar-refractivity contribution in [3.63, 3.8) is 0 Å². The molecule has 30 heavy (non-hydrogen) atoms. The van der Waals surface area contributed by atoms with Crippen LogP contribution >= 0.6 is 0 Å². The summed E-state index contributed by atoms with van der Waals surface area (Å²) in [4.78, 5) is 5.03. The molecule has 5 nitrogen and oxygen atoms in total. The second-order valence-electron chi connectivity index (χ2n) is 8.28. The number of nitrogens with zero attached hydrogens (tertiary/aromatic N) is 2. The number of rotatable bonds is 8. The fourth-order valence-electron chi connectivity index (χ4n) is 4.90. The van der Waals surface area contributed by atoms with Gasteiger partial charge in [-0.05, 0) is 68.1 Å². The number of para-hydroxylation sites is 2. The van der Waals surface area contributed by atoms with Gasteiger partial charge in [0.1, 0.15) is 11.5 Å². The predicted molar refractivity (Wildman–Crippen MR) is 123 cm³/mol. The summed E-state index contributed by atoms with van der Waals surface area (Å²) in [6.07, 6.45) is 4.77. The van der Waals surface area contributed by atoms with Gasteiger partial charge in [0.25, 0.3) is 0 Å². The molecule has 1 N–H and O–H groups in total. The van der Waals surface area contributed by atoms with Crippen LogP contribution in [0.5, 0.6) is 11.5 Å². The molecule has 4 rings (SSSR count). The van der Waals surface area contributed by atoms with Crippen LogP contribution in [0, 0.1) is 0 Å². The van der Waals surface area contributed by atoms with Crippen molar-refractivity contribution in [3.05, 3.63) is 53.6 Å². The van der Waals surface area contributed by atoms with Gasteiger partial charge in [-0.15, -0.1) is 0 Å². The van der Waals surface area contributed by atoms with E-state index in [1.54, 1.807) is 14.2 Å². The predicted octanol–water partition coefficient (Wildman–Crippen LogP) is 3.88. The Morgan fingerprint density at radius 2 is 1.70 bits per heavy atom. The van der Waals surface area contributed by atoms with Crippen molar-refractivity contribution in [3.8, 4) is 11.5 Å². The van der Waals surface area contributed by atoms with Gasteiger partial charge in [0.05, 0.1) is 19.9 Å². The van der Waals surface area contributed by atoms with Crippen LogP contribution in [0.2, 0.25) is 0 Å². The first-order chi connectivity index (χ1) is 14.8. The molecule has 2 aromatic rings. The molecule has 1 heterocycles. The van der Waals surface area contributed by atoms with Crippen LogP contribution in [0.3, 0.4) is 0 Å². The first kappa shape index (κ1) is 21.0. The topological polar surface area (TPSA) is 37.0 Å². The minimum atomic E-state index is 0.464. The molecule has 2 aromatic carbocycles. The van der Waals surface area contributed by atoms with Crippen LogP contribution in [0.1, 0.15) is 36.4 Å². The van der Waals surface area contributed by atoms with Crippen LogP contribution in [0.25, 0.3) is 0 Å². The van der Waals surface area contributed by atoms with Crippen molar-refractivity contribution in [1.29, 1.82) is 0 Å². The molecule has 0 saturated carbocycles. The van der Waals surface area contributed by atoms with Gasteiger partial charge in [-0.25, -0.2) is 0 Å². The minimum Gasteiger partial charge on any atom is -0.496 e. The average Bonchev–Trinajstić information content (AvgIpc) is 2.82. The third kappa shape index (κ3) is 4.73. The van der Waals surface area contributed by atoms with Gasteiger partial charge in [-0.1, -0.05) is 24.3 Å². The molecular formula is C25H35N3O2. The molecule has 0 unspecified atom stereocenters. The van der Waals surface area contributed by atoms with E-state index < -0.39 is 0 Å². The maximum atomic E-state index is 5.57. The summed E-state index contributed by atoms with van der Waals surface area (Å²) in [7, 11) is 3.53. The van der Waals surface area contributed by atoms with E-state index in [2.05, 4.69) is 45.4 Å². The Bertz CT molecular complexity index is 818. The lowest BCUT2D eigenvalue weighted by Gasteiger charge is -2.36. The number of anilines is 1. The second kappa shape index (κ2) is 10.2. The highest BCUT2D eigenvalue weighted by Crippen LogP contribution is 2.35. The molecule has 2 aliphatic rings. The quantitative estimate of drug-likeness (QED) is 0.670. The molecule has 1 aliphatic carbocycles. The highest BCUT2D eigenvalue weighted by atomic mass is 16.5. The SMILES string of the molecule is COc1ccccc1N1CCN(CCCN[C@H]2CCCc3c(OC)cccc32)CC1. The van der Waals surface area contributed by atoms with Crippen LogP contribution in [-0.2, 0) is 6.42 Å². The van der Waals surface area contributed by atoms with Gasteiger partial charge in [-0.2, -0.15) is 0 Å². The normalized spacial score (nSPS) is 19.4. The van der Waals surface area contributed by atoms with Crippen molar-refractivity contribution in [1.82, 2.24) is 10.2 Å². The maximum absolute atomic E-state index is 5.57. The largest absolute Gasteiger partial charge is 0.496 e. The molecular weight excluding hydrogens is 374 g/mol. The van der Waals surface area contributed by atoms with Crippen LogP contribution in [0.15, 0.2) is 42.5 Å². The number of hydrogen-bond acceptors (Lipinski definition) is 5. The Balaban J connectivity index is 1.22. The lowest BCUT2D eigenvalue weighted by atomic mass is 9.87. The molecule has 1 atom stereocenters. The number of hydrogen-bond donors (Lipinski definition) is 1. The number of nitrogens with one attached hydrogen (secondary N) is 1. The van der Waals surface area contributed by atoms with Crippen LogP contribution in [0.4, 0.5) is 5.69 Å². The molecule has 5 heteroatoms. The number of benzene rings is 2. The standard InChI is InChI=1S/C25H35N3O2/c1-29-24-13-6-8-20-21(24)9-5-10-22(20)26-14-7-15-27-16-18-28(19-17-27)23-11-3-4-12-25(23)30-2/h3-4,6,8,11-13,22,26H,5,7,9-10,14-19H2,1-2H3/t22-/m0/s1. The highest BCUT2D eigenvalue weighted by molar-refractivity contribution is 5.58.